The Morgan fingerprint density at radius 3 is 2.82 bits per heavy atom. The van der Waals surface area contributed by atoms with Crippen LogP contribution >= 0.6 is 12.2 Å². The molecule has 1 aliphatic rings. The second-order valence-electron chi connectivity index (χ2n) is 1.82. The van der Waals surface area contributed by atoms with Crippen molar-refractivity contribution in [1.29, 1.82) is 0 Å². The van der Waals surface area contributed by atoms with Crippen LogP contribution in [0.5, 0.6) is 0 Å². The Hall–Kier alpha value is -1.37. The van der Waals surface area contributed by atoms with Crippen molar-refractivity contribution in [3.8, 4) is 0 Å². The Labute approximate surface area is 67.0 Å². The van der Waals surface area contributed by atoms with E-state index < -0.39 is 11.0 Å². The van der Waals surface area contributed by atoms with Crippen LogP contribution in [-0.4, -0.2) is 28.1 Å². The van der Waals surface area contributed by atoms with Gasteiger partial charge in [-0.25, -0.2) is 9.98 Å². The van der Waals surface area contributed by atoms with Crippen LogP contribution in [0, 0.1) is 10.1 Å². The van der Waals surface area contributed by atoms with E-state index in [9.17, 15) is 10.1 Å². The van der Waals surface area contributed by atoms with Crippen LogP contribution < -0.4 is 5.73 Å². The zero-order valence-electron chi connectivity index (χ0n) is 5.30. The highest BCUT2D eigenvalue weighted by Gasteiger charge is 2.31. The molecule has 58 valence electrons. The Bertz CT molecular complexity index is 271. The zero-order chi connectivity index (χ0) is 8.43. The molecule has 6 nitrogen and oxygen atoms in total. The fourth-order valence-electron chi connectivity index (χ4n) is 0.618. The maximum Gasteiger partial charge on any atom is 0.320 e. The van der Waals surface area contributed by atoms with Crippen molar-refractivity contribution in [2.45, 2.75) is 6.04 Å². The maximum atomic E-state index is 10.3. The smallest absolute Gasteiger partial charge is 0.320 e. The molecule has 0 bridgehead atoms. The van der Waals surface area contributed by atoms with Crippen molar-refractivity contribution in [3.63, 3.8) is 0 Å². The van der Waals surface area contributed by atoms with E-state index in [2.05, 4.69) is 22.2 Å². The summed E-state index contributed by atoms with van der Waals surface area (Å²) in [6.45, 7) is 0. The normalized spacial score (nSPS) is 23.1. The van der Waals surface area contributed by atoms with E-state index in [4.69, 9.17) is 5.73 Å². The van der Waals surface area contributed by atoms with Crippen LogP contribution in [0.3, 0.4) is 0 Å². The summed E-state index contributed by atoms with van der Waals surface area (Å²) in [4.78, 5) is 16.5. The predicted molar refractivity (Wildman–Crippen MR) is 43.5 cm³/mol. The van der Waals surface area contributed by atoms with Gasteiger partial charge in [0.2, 0.25) is 0 Å². The average Bonchev–Trinajstić information content (AvgIpc) is 1.85. The van der Waals surface area contributed by atoms with Crippen molar-refractivity contribution in [3.05, 3.63) is 10.1 Å². The highest BCUT2D eigenvalue weighted by Crippen LogP contribution is 2.00. The van der Waals surface area contributed by atoms with Crippen molar-refractivity contribution in [2.24, 2.45) is 15.7 Å². The molecule has 0 fully saturated rings. The van der Waals surface area contributed by atoms with Gasteiger partial charge < -0.3 is 5.73 Å². The monoisotopic (exact) mass is 172 g/mol. The molecule has 1 heterocycles. The summed E-state index contributed by atoms with van der Waals surface area (Å²) in [5, 5.41) is 10.3. The first-order valence-corrected chi connectivity index (χ1v) is 3.07. The summed E-state index contributed by atoms with van der Waals surface area (Å²) >= 11 is 4.58. The molecule has 0 aromatic rings. The van der Waals surface area contributed by atoms with E-state index in [0.717, 1.165) is 6.34 Å². The lowest BCUT2D eigenvalue weighted by Crippen LogP contribution is -2.42. The Morgan fingerprint density at radius 2 is 2.45 bits per heavy atom. The van der Waals surface area contributed by atoms with Gasteiger partial charge in [-0.15, -0.1) is 0 Å². The number of thiocarbonyl (C=S) groups is 1. The van der Waals surface area contributed by atoms with Gasteiger partial charge in [-0.05, 0) is 0 Å². The van der Waals surface area contributed by atoms with Crippen molar-refractivity contribution >= 4 is 29.4 Å². The number of amidine groups is 1. The van der Waals surface area contributed by atoms with E-state index >= 15 is 0 Å². The summed E-state index contributed by atoms with van der Waals surface area (Å²) in [6.07, 6.45) is 1.11. The van der Waals surface area contributed by atoms with Crippen molar-refractivity contribution in [1.82, 2.24) is 0 Å². The number of hydrogen-bond donors (Lipinski definition) is 1. The molecule has 0 saturated carbocycles. The number of hydrogen-bond acceptors (Lipinski definition) is 5. The van der Waals surface area contributed by atoms with E-state index in [1.165, 1.54) is 0 Å². The van der Waals surface area contributed by atoms with Gasteiger partial charge in [-0.1, -0.05) is 12.2 Å². The average molecular weight is 172 g/mol. The van der Waals surface area contributed by atoms with Gasteiger partial charge in [0.25, 0.3) is 0 Å². The molecule has 0 aromatic carbocycles. The topological polar surface area (TPSA) is 93.9 Å². The van der Waals surface area contributed by atoms with Crippen LogP contribution in [0.4, 0.5) is 0 Å². The standard InChI is InChI=1S/C4H4N4O2S/c5-3-2(8(9)10)4(11)7-1-6-3/h1-2H,(H2,5,6,7,11). The van der Waals surface area contributed by atoms with Crippen LogP contribution in [0.2, 0.25) is 0 Å². The second kappa shape index (κ2) is 2.70. The van der Waals surface area contributed by atoms with E-state index in [1.807, 2.05) is 0 Å². The number of nitrogens with zero attached hydrogens (tertiary/aromatic N) is 3. The molecule has 0 amide bonds. The van der Waals surface area contributed by atoms with E-state index in [0.29, 0.717) is 0 Å². The lowest BCUT2D eigenvalue weighted by Gasteiger charge is -2.08. The van der Waals surface area contributed by atoms with Crippen LogP contribution in [0.15, 0.2) is 9.98 Å². The molecule has 7 heteroatoms. The SMILES string of the molecule is NC1=NC=NC(=S)C1[N+](=O)[O-]. The van der Waals surface area contributed by atoms with Crippen molar-refractivity contribution < 1.29 is 4.92 Å². The summed E-state index contributed by atoms with van der Waals surface area (Å²) in [5.41, 5.74) is 5.20. The van der Waals surface area contributed by atoms with Gasteiger partial charge in [-0.2, -0.15) is 0 Å². The number of nitrogens with two attached hydrogens (primary N) is 1. The second-order valence-corrected chi connectivity index (χ2v) is 2.24. The molecule has 1 unspecified atom stereocenters. The summed E-state index contributed by atoms with van der Waals surface area (Å²) < 4.78 is 0. The fraction of sp³-hybridized carbons (Fsp3) is 0.250. The molecule has 0 radical (unpaired) electrons. The molecule has 0 saturated heterocycles. The van der Waals surface area contributed by atoms with Gasteiger partial charge in [-0.3, -0.25) is 10.1 Å². The minimum absolute atomic E-state index is 0.0532. The molecule has 1 aliphatic heterocycles. The predicted octanol–water partition coefficient (Wildman–Crippen LogP) is -0.642. The fourth-order valence-corrected chi connectivity index (χ4v) is 0.872. The number of rotatable bonds is 1. The molecule has 0 aromatic heterocycles. The van der Waals surface area contributed by atoms with Crippen LogP contribution in [0.1, 0.15) is 0 Å². The zero-order valence-corrected chi connectivity index (χ0v) is 6.11. The van der Waals surface area contributed by atoms with Crippen LogP contribution in [0.25, 0.3) is 0 Å². The quantitative estimate of drug-likeness (QED) is 0.323. The molecular weight excluding hydrogens is 168 g/mol. The van der Waals surface area contributed by atoms with Gasteiger partial charge in [0.15, 0.2) is 10.8 Å². The van der Waals surface area contributed by atoms with Crippen LogP contribution in [-0.2, 0) is 0 Å². The summed E-state index contributed by atoms with van der Waals surface area (Å²) in [6, 6.07) is -1.23. The van der Waals surface area contributed by atoms with Gasteiger partial charge in [0.05, 0.1) is 0 Å². The van der Waals surface area contributed by atoms with Crippen molar-refractivity contribution in [2.75, 3.05) is 0 Å². The molecule has 1 rings (SSSR count). The molecule has 0 spiro atoms. The number of nitro groups is 1. The Morgan fingerprint density at radius 1 is 1.82 bits per heavy atom. The first kappa shape index (κ1) is 7.73. The summed E-state index contributed by atoms with van der Waals surface area (Å²) in [7, 11) is 0. The van der Waals surface area contributed by atoms with E-state index in [1.54, 1.807) is 0 Å². The third-order valence-electron chi connectivity index (χ3n) is 1.12. The van der Waals surface area contributed by atoms with E-state index in [-0.39, 0.29) is 10.8 Å². The minimum atomic E-state index is -1.23. The third kappa shape index (κ3) is 1.37. The molecule has 1 atom stereocenters. The third-order valence-corrected chi connectivity index (χ3v) is 1.45. The Balaban J connectivity index is 2.95. The molecular formula is C4H4N4O2S. The first-order chi connectivity index (χ1) is 5.13. The largest absolute Gasteiger partial charge is 0.381 e. The maximum absolute atomic E-state index is 10.3. The summed E-state index contributed by atoms with van der Waals surface area (Å²) in [5.74, 6) is -0.116. The van der Waals surface area contributed by atoms with Gasteiger partial charge in [0, 0.05) is 4.92 Å². The van der Waals surface area contributed by atoms with Gasteiger partial charge >= 0.3 is 6.04 Å². The molecule has 11 heavy (non-hydrogen) atoms. The highest BCUT2D eigenvalue weighted by molar-refractivity contribution is 7.80. The Kier molecular flexibility index (Phi) is 1.90. The molecule has 0 aliphatic carbocycles. The highest BCUT2D eigenvalue weighted by atomic mass is 32.1. The first-order valence-electron chi connectivity index (χ1n) is 2.66. The minimum Gasteiger partial charge on any atom is -0.381 e. The number of aliphatic imine (C=N–C) groups is 2. The lowest BCUT2D eigenvalue weighted by molar-refractivity contribution is -0.484. The lowest BCUT2D eigenvalue weighted by atomic mass is 10.3. The van der Waals surface area contributed by atoms with Gasteiger partial charge in [0.1, 0.15) is 6.34 Å². The molecule has 2 N–H and O–H groups in total.